The van der Waals surface area contributed by atoms with Crippen LogP contribution >= 0.6 is 12.4 Å². The quantitative estimate of drug-likeness (QED) is 0.810. The van der Waals surface area contributed by atoms with Crippen LogP contribution in [-0.4, -0.2) is 28.5 Å². The fraction of sp³-hybridized carbons (Fsp3) is 0.667. The molecule has 6 heteroatoms. The van der Waals surface area contributed by atoms with E-state index in [0.29, 0.717) is 17.9 Å². The Morgan fingerprint density at radius 2 is 2.10 bits per heavy atom. The van der Waals surface area contributed by atoms with Gasteiger partial charge in [-0.3, -0.25) is 4.79 Å². The van der Waals surface area contributed by atoms with E-state index in [-0.39, 0.29) is 30.3 Å². The summed E-state index contributed by atoms with van der Waals surface area (Å²) in [6, 6.07) is 0.0174. The fourth-order valence-electron chi connectivity index (χ4n) is 2.07. The van der Waals surface area contributed by atoms with Crippen LogP contribution in [0.25, 0.3) is 0 Å². The molecule has 1 amide bonds. The number of hydrogen-bond donors (Lipinski definition) is 2. The first kappa shape index (κ1) is 19.8. The Balaban J connectivity index is 0.00000400. The largest absolute Gasteiger partial charge is 0.348 e. The molecule has 0 aliphatic heterocycles. The van der Waals surface area contributed by atoms with Crippen LogP contribution in [0.5, 0.6) is 0 Å². The molecule has 1 aromatic rings. The van der Waals surface area contributed by atoms with Gasteiger partial charge in [-0.1, -0.05) is 33.6 Å². The predicted molar refractivity (Wildman–Crippen MR) is 87.9 cm³/mol. The third-order valence-electron chi connectivity index (χ3n) is 3.26. The van der Waals surface area contributed by atoms with Crippen molar-refractivity contribution in [3.63, 3.8) is 0 Å². The van der Waals surface area contributed by atoms with Crippen molar-refractivity contribution in [1.82, 2.24) is 15.3 Å². The smallest absolute Gasteiger partial charge is 0.254 e. The first-order valence-electron chi connectivity index (χ1n) is 7.34. The number of aromatic nitrogens is 2. The van der Waals surface area contributed by atoms with Gasteiger partial charge >= 0.3 is 0 Å². The van der Waals surface area contributed by atoms with E-state index in [1.165, 1.54) is 0 Å². The summed E-state index contributed by atoms with van der Waals surface area (Å²) in [5.74, 6) is 0.747. The number of nitrogens with two attached hydrogens (primary N) is 1. The highest BCUT2D eigenvalue weighted by Gasteiger charge is 2.18. The number of nitrogens with one attached hydrogen (secondary N) is 1. The second-order valence-corrected chi connectivity index (χ2v) is 5.42. The van der Waals surface area contributed by atoms with E-state index in [4.69, 9.17) is 5.73 Å². The molecule has 1 unspecified atom stereocenters. The summed E-state index contributed by atoms with van der Waals surface area (Å²) in [7, 11) is 0. The zero-order valence-electron chi connectivity index (χ0n) is 13.3. The van der Waals surface area contributed by atoms with Crippen molar-refractivity contribution in [2.24, 2.45) is 5.73 Å². The van der Waals surface area contributed by atoms with Gasteiger partial charge in [0.05, 0.1) is 11.3 Å². The van der Waals surface area contributed by atoms with Gasteiger partial charge in [-0.2, -0.15) is 0 Å². The topological polar surface area (TPSA) is 80.9 Å². The third-order valence-corrected chi connectivity index (χ3v) is 3.26. The van der Waals surface area contributed by atoms with Crippen LogP contribution in [0.2, 0.25) is 0 Å². The zero-order valence-corrected chi connectivity index (χ0v) is 14.2. The number of amides is 1. The molecule has 1 aromatic heterocycles. The van der Waals surface area contributed by atoms with Crippen molar-refractivity contribution in [2.45, 2.75) is 58.9 Å². The molecule has 1 heterocycles. The summed E-state index contributed by atoms with van der Waals surface area (Å²) in [4.78, 5) is 20.9. The molecule has 0 aromatic carbocycles. The van der Waals surface area contributed by atoms with Crippen LogP contribution in [0.3, 0.4) is 0 Å². The average Bonchev–Trinajstić information content (AvgIpc) is 2.42. The van der Waals surface area contributed by atoms with E-state index < -0.39 is 0 Å². The zero-order chi connectivity index (χ0) is 15.1. The van der Waals surface area contributed by atoms with Gasteiger partial charge in [-0.05, 0) is 19.3 Å². The fourth-order valence-corrected chi connectivity index (χ4v) is 2.07. The summed E-state index contributed by atoms with van der Waals surface area (Å²) < 4.78 is 0. The van der Waals surface area contributed by atoms with Gasteiger partial charge in [0.1, 0.15) is 5.82 Å². The van der Waals surface area contributed by atoms with Crippen LogP contribution in [0, 0.1) is 6.92 Å². The van der Waals surface area contributed by atoms with Crippen LogP contribution in [0.15, 0.2) is 6.20 Å². The van der Waals surface area contributed by atoms with Gasteiger partial charge in [0, 0.05) is 18.8 Å². The van der Waals surface area contributed by atoms with Crippen LogP contribution < -0.4 is 11.1 Å². The van der Waals surface area contributed by atoms with Gasteiger partial charge in [0.2, 0.25) is 0 Å². The van der Waals surface area contributed by atoms with Crippen molar-refractivity contribution in [1.29, 1.82) is 0 Å². The highest BCUT2D eigenvalue weighted by atomic mass is 35.5. The van der Waals surface area contributed by atoms with Crippen molar-refractivity contribution >= 4 is 18.3 Å². The monoisotopic (exact) mass is 314 g/mol. The van der Waals surface area contributed by atoms with E-state index in [0.717, 1.165) is 25.0 Å². The molecule has 120 valence electrons. The molecule has 1 atom stereocenters. The van der Waals surface area contributed by atoms with E-state index in [1.54, 1.807) is 6.20 Å². The Morgan fingerprint density at radius 1 is 1.43 bits per heavy atom. The predicted octanol–water partition coefficient (Wildman–Crippen LogP) is 2.58. The van der Waals surface area contributed by atoms with Gasteiger partial charge in [-0.25, -0.2) is 9.97 Å². The molecule has 3 N–H and O–H groups in total. The molecule has 21 heavy (non-hydrogen) atoms. The minimum Gasteiger partial charge on any atom is -0.348 e. The molecule has 0 fully saturated rings. The lowest BCUT2D eigenvalue weighted by molar-refractivity contribution is 0.0933. The first-order chi connectivity index (χ1) is 9.49. The van der Waals surface area contributed by atoms with Crippen molar-refractivity contribution in [3.8, 4) is 0 Å². The highest BCUT2D eigenvalue weighted by molar-refractivity contribution is 5.95. The maximum atomic E-state index is 12.4. The van der Waals surface area contributed by atoms with Gasteiger partial charge in [0.25, 0.3) is 5.91 Å². The minimum atomic E-state index is -0.125. The Kier molecular flexibility index (Phi) is 9.13. The standard InChI is InChI=1S/C15H26N4O.ClH/c1-5-6-7-12(8-16)19-15(20)13-9-17-11(4)18-14(13)10(2)3;/h9-10,12H,5-8,16H2,1-4H3,(H,19,20);1H. The lowest BCUT2D eigenvalue weighted by Crippen LogP contribution is -2.40. The molecule has 5 nitrogen and oxygen atoms in total. The summed E-state index contributed by atoms with van der Waals surface area (Å²) in [6.45, 7) is 8.46. The molecule has 0 aliphatic rings. The Hall–Kier alpha value is -1.20. The number of carbonyl (C=O) groups is 1. The van der Waals surface area contributed by atoms with Gasteiger partial charge in [-0.15, -0.1) is 12.4 Å². The summed E-state index contributed by atoms with van der Waals surface area (Å²) >= 11 is 0. The van der Waals surface area contributed by atoms with Gasteiger partial charge < -0.3 is 11.1 Å². The summed E-state index contributed by atoms with van der Waals surface area (Å²) in [5, 5.41) is 2.99. The molecular formula is C15H27ClN4O. The maximum Gasteiger partial charge on any atom is 0.254 e. The Labute approximate surface area is 133 Å². The van der Waals surface area contributed by atoms with Crippen molar-refractivity contribution in [3.05, 3.63) is 23.3 Å². The number of rotatable bonds is 7. The van der Waals surface area contributed by atoms with Crippen molar-refractivity contribution in [2.75, 3.05) is 6.54 Å². The van der Waals surface area contributed by atoms with E-state index >= 15 is 0 Å². The molecule has 0 spiro atoms. The number of nitrogens with zero attached hydrogens (tertiary/aromatic N) is 2. The third kappa shape index (κ3) is 5.98. The van der Waals surface area contributed by atoms with E-state index in [1.807, 2.05) is 20.8 Å². The number of unbranched alkanes of at least 4 members (excludes halogenated alkanes) is 1. The molecule has 0 saturated carbocycles. The normalized spacial score (nSPS) is 11.9. The minimum absolute atomic E-state index is 0. The molecular weight excluding hydrogens is 288 g/mol. The van der Waals surface area contributed by atoms with Crippen LogP contribution in [0.1, 0.15) is 67.8 Å². The molecule has 0 saturated heterocycles. The summed E-state index contributed by atoms with van der Waals surface area (Å²) in [6.07, 6.45) is 4.67. The van der Waals surface area contributed by atoms with E-state index in [9.17, 15) is 4.79 Å². The lowest BCUT2D eigenvalue weighted by atomic mass is 10.0. The molecule has 1 rings (SSSR count). The Morgan fingerprint density at radius 3 is 2.62 bits per heavy atom. The summed E-state index contributed by atoms with van der Waals surface area (Å²) in [5.41, 5.74) is 7.06. The van der Waals surface area contributed by atoms with Gasteiger partial charge in [0.15, 0.2) is 0 Å². The van der Waals surface area contributed by atoms with Crippen molar-refractivity contribution < 1.29 is 4.79 Å². The number of halogens is 1. The second kappa shape index (κ2) is 9.68. The Bertz CT molecular complexity index is 451. The van der Waals surface area contributed by atoms with Crippen LogP contribution in [0.4, 0.5) is 0 Å². The molecule has 0 bridgehead atoms. The van der Waals surface area contributed by atoms with E-state index in [2.05, 4.69) is 22.2 Å². The maximum absolute atomic E-state index is 12.4. The average molecular weight is 315 g/mol. The lowest BCUT2D eigenvalue weighted by Gasteiger charge is -2.18. The number of carbonyl (C=O) groups excluding carboxylic acids is 1. The molecule has 0 aliphatic carbocycles. The molecule has 0 radical (unpaired) electrons. The first-order valence-corrected chi connectivity index (χ1v) is 7.34. The highest BCUT2D eigenvalue weighted by Crippen LogP contribution is 2.16. The number of aryl methyl sites for hydroxylation is 1. The SMILES string of the molecule is CCCCC(CN)NC(=O)c1cnc(C)nc1C(C)C.Cl. The number of hydrogen-bond acceptors (Lipinski definition) is 4. The van der Waals surface area contributed by atoms with Crippen LogP contribution in [-0.2, 0) is 0 Å². The second-order valence-electron chi connectivity index (χ2n) is 5.42.